The Balaban J connectivity index is 1.74. The summed E-state index contributed by atoms with van der Waals surface area (Å²) in [4.78, 5) is 0. The highest BCUT2D eigenvalue weighted by molar-refractivity contribution is 5.88. The summed E-state index contributed by atoms with van der Waals surface area (Å²) >= 11 is 0. The summed E-state index contributed by atoms with van der Waals surface area (Å²) in [7, 11) is 3.32. The smallest absolute Gasteiger partial charge is 0.231 e. The number of aryl methyl sites for hydroxylation is 1. The van der Waals surface area contributed by atoms with Gasteiger partial charge in [-0.2, -0.15) is 4.57 Å². The number of rotatable bonds is 2. The Kier molecular flexibility index (Phi) is 3.04. The number of methoxy groups -OCH3 is 2. The van der Waals surface area contributed by atoms with Crippen molar-refractivity contribution >= 4 is 10.8 Å². The zero-order chi connectivity index (χ0) is 17.0. The van der Waals surface area contributed by atoms with Gasteiger partial charge in [-0.05, 0) is 29.7 Å². The number of nitrogens with zero attached hydrogens (tertiary/aromatic N) is 1. The van der Waals surface area contributed by atoms with Gasteiger partial charge in [-0.3, -0.25) is 0 Å². The summed E-state index contributed by atoms with van der Waals surface area (Å²) in [6, 6.07) is 10.4. The molecule has 2 aliphatic heterocycles. The fourth-order valence-electron chi connectivity index (χ4n) is 3.78. The Labute approximate surface area is 145 Å². The molecule has 0 bridgehead atoms. The van der Waals surface area contributed by atoms with Crippen molar-refractivity contribution in [1.29, 1.82) is 0 Å². The van der Waals surface area contributed by atoms with Gasteiger partial charge in [0.1, 0.15) is 0 Å². The van der Waals surface area contributed by atoms with Gasteiger partial charge in [0.2, 0.25) is 12.5 Å². The van der Waals surface area contributed by atoms with Gasteiger partial charge in [0.25, 0.3) is 0 Å². The van der Waals surface area contributed by atoms with Gasteiger partial charge in [-0.25, -0.2) is 0 Å². The lowest BCUT2D eigenvalue weighted by Crippen LogP contribution is -2.40. The lowest BCUT2D eigenvalue weighted by molar-refractivity contribution is -0.686. The molecule has 0 aliphatic carbocycles. The zero-order valence-electron chi connectivity index (χ0n) is 14.2. The SMILES string of the molecule is COc1cc2cc3[n+](cc2cc1OC)CCc1c-3ccc2c1OCO2. The zero-order valence-corrected chi connectivity index (χ0v) is 14.2. The van der Waals surface area contributed by atoms with Crippen LogP contribution in [0.25, 0.3) is 22.0 Å². The molecule has 1 aromatic heterocycles. The van der Waals surface area contributed by atoms with Crippen LogP contribution in [0.5, 0.6) is 23.0 Å². The Morgan fingerprint density at radius 2 is 1.76 bits per heavy atom. The van der Waals surface area contributed by atoms with Crippen molar-refractivity contribution in [2.45, 2.75) is 13.0 Å². The van der Waals surface area contributed by atoms with Crippen LogP contribution in [-0.4, -0.2) is 21.0 Å². The van der Waals surface area contributed by atoms with Gasteiger partial charge in [-0.15, -0.1) is 0 Å². The molecule has 3 heterocycles. The summed E-state index contributed by atoms with van der Waals surface area (Å²) in [6.45, 7) is 1.22. The van der Waals surface area contributed by atoms with E-state index in [1.807, 2.05) is 18.2 Å². The van der Waals surface area contributed by atoms with Crippen molar-refractivity contribution in [2.75, 3.05) is 21.0 Å². The molecule has 5 rings (SSSR count). The van der Waals surface area contributed by atoms with Crippen LogP contribution >= 0.6 is 0 Å². The van der Waals surface area contributed by atoms with E-state index in [1.165, 1.54) is 16.8 Å². The fraction of sp³-hybridized carbons (Fsp3) is 0.250. The summed E-state index contributed by atoms with van der Waals surface area (Å²) in [5, 5.41) is 2.25. The van der Waals surface area contributed by atoms with Gasteiger partial charge >= 0.3 is 0 Å². The minimum atomic E-state index is 0.306. The third-order valence-corrected chi connectivity index (χ3v) is 5.01. The normalized spacial score (nSPS) is 14.2. The Bertz CT molecular complexity index is 1010. The summed E-state index contributed by atoms with van der Waals surface area (Å²) < 4.78 is 24.4. The minimum absolute atomic E-state index is 0.306. The first-order valence-corrected chi connectivity index (χ1v) is 8.29. The molecular weight excluding hydrogens is 318 g/mol. The van der Waals surface area contributed by atoms with Crippen molar-refractivity contribution in [3.05, 3.63) is 42.1 Å². The number of pyridine rings is 1. The fourth-order valence-corrected chi connectivity index (χ4v) is 3.78. The first-order chi connectivity index (χ1) is 12.3. The molecule has 3 aromatic rings. The third kappa shape index (κ3) is 2.05. The van der Waals surface area contributed by atoms with Crippen LogP contribution in [0.15, 0.2) is 36.5 Å². The van der Waals surface area contributed by atoms with E-state index in [1.54, 1.807) is 14.2 Å². The lowest BCUT2D eigenvalue weighted by Gasteiger charge is -2.17. The van der Waals surface area contributed by atoms with Crippen LogP contribution in [0.3, 0.4) is 0 Å². The van der Waals surface area contributed by atoms with Crippen molar-refractivity contribution in [3.8, 4) is 34.3 Å². The maximum atomic E-state index is 5.70. The van der Waals surface area contributed by atoms with E-state index in [2.05, 4.69) is 22.9 Å². The molecule has 2 aliphatic rings. The van der Waals surface area contributed by atoms with Gasteiger partial charge in [-0.1, -0.05) is 0 Å². The second-order valence-corrected chi connectivity index (χ2v) is 6.26. The quantitative estimate of drug-likeness (QED) is 0.674. The average Bonchev–Trinajstić information content (AvgIpc) is 3.14. The molecule has 0 N–H and O–H groups in total. The summed E-state index contributed by atoms with van der Waals surface area (Å²) in [6.07, 6.45) is 3.11. The third-order valence-electron chi connectivity index (χ3n) is 5.01. The van der Waals surface area contributed by atoms with Crippen LogP contribution in [-0.2, 0) is 13.0 Å². The molecule has 0 radical (unpaired) electrons. The number of hydrogen-bond donors (Lipinski definition) is 0. The highest BCUT2D eigenvalue weighted by atomic mass is 16.7. The van der Waals surface area contributed by atoms with Crippen LogP contribution in [0.4, 0.5) is 0 Å². The topological polar surface area (TPSA) is 40.8 Å². The van der Waals surface area contributed by atoms with Gasteiger partial charge < -0.3 is 18.9 Å². The van der Waals surface area contributed by atoms with Crippen molar-refractivity contribution in [2.24, 2.45) is 0 Å². The van der Waals surface area contributed by atoms with Crippen molar-refractivity contribution in [1.82, 2.24) is 0 Å². The molecule has 0 saturated heterocycles. The molecular formula is C20H18NO4+. The molecule has 5 heteroatoms. The Hall–Kier alpha value is -2.95. The second-order valence-electron chi connectivity index (χ2n) is 6.26. The molecule has 126 valence electrons. The first kappa shape index (κ1) is 14.4. The van der Waals surface area contributed by atoms with Gasteiger partial charge in [0, 0.05) is 23.4 Å². The van der Waals surface area contributed by atoms with Crippen LogP contribution in [0.1, 0.15) is 5.56 Å². The molecule has 0 atom stereocenters. The summed E-state index contributed by atoms with van der Waals surface area (Å²) in [5.41, 5.74) is 3.61. The predicted octanol–water partition coefficient (Wildman–Crippen LogP) is 3.10. The van der Waals surface area contributed by atoms with Gasteiger partial charge in [0.05, 0.1) is 19.8 Å². The average molecular weight is 336 g/mol. The Morgan fingerprint density at radius 1 is 0.960 bits per heavy atom. The predicted molar refractivity (Wildman–Crippen MR) is 92.5 cm³/mol. The largest absolute Gasteiger partial charge is 0.493 e. The molecule has 5 nitrogen and oxygen atoms in total. The van der Waals surface area contributed by atoms with E-state index in [9.17, 15) is 0 Å². The number of ether oxygens (including phenoxy) is 4. The number of aromatic nitrogens is 1. The Morgan fingerprint density at radius 3 is 2.56 bits per heavy atom. The van der Waals surface area contributed by atoms with E-state index < -0.39 is 0 Å². The molecule has 0 fully saturated rings. The van der Waals surface area contributed by atoms with E-state index in [0.29, 0.717) is 6.79 Å². The van der Waals surface area contributed by atoms with E-state index >= 15 is 0 Å². The van der Waals surface area contributed by atoms with Crippen molar-refractivity contribution in [3.63, 3.8) is 0 Å². The van der Waals surface area contributed by atoms with Crippen LogP contribution in [0.2, 0.25) is 0 Å². The number of hydrogen-bond acceptors (Lipinski definition) is 4. The number of fused-ring (bicyclic) bond motifs is 6. The first-order valence-electron chi connectivity index (χ1n) is 8.29. The van der Waals surface area contributed by atoms with E-state index in [0.717, 1.165) is 46.7 Å². The van der Waals surface area contributed by atoms with E-state index in [-0.39, 0.29) is 0 Å². The van der Waals surface area contributed by atoms with Crippen LogP contribution in [0, 0.1) is 0 Å². The number of benzene rings is 2. The maximum Gasteiger partial charge on any atom is 0.231 e. The minimum Gasteiger partial charge on any atom is -0.493 e. The monoisotopic (exact) mass is 336 g/mol. The van der Waals surface area contributed by atoms with Crippen LogP contribution < -0.4 is 23.5 Å². The highest BCUT2D eigenvalue weighted by Crippen LogP contribution is 2.43. The highest BCUT2D eigenvalue weighted by Gasteiger charge is 2.30. The molecule has 0 saturated carbocycles. The molecule has 0 amide bonds. The standard InChI is InChI=1S/C20H18NO4/c1-22-18-8-12-7-16-14-3-4-17-20(25-11-24-17)15(14)5-6-21(16)10-13(12)9-19(18)23-2/h3-4,7-10H,5-6,11H2,1-2H3/q+1. The summed E-state index contributed by atoms with van der Waals surface area (Å²) in [5.74, 6) is 3.23. The lowest BCUT2D eigenvalue weighted by atomic mass is 9.94. The van der Waals surface area contributed by atoms with Crippen molar-refractivity contribution < 1.29 is 23.5 Å². The maximum absolute atomic E-state index is 5.70. The molecule has 25 heavy (non-hydrogen) atoms. The molecule has 0 unspecified atom stereocenters. The second kappa shape index (κ2) is 5.28. The van der Waals surface area contributed by atoms with Gasteiger partial charge in [0.15, 0.2) is 35.7 Å². The molecule has 0 spiro atoms. The molecule has 2 aromatic carbocycles. The van der Waals surface area contributed by atoms with E-state index in [4.69, 9.17) is 18.9 Å².